The Hall–Kier alpha value is -4.71. The van der Waals surface area contributed by atoms with Gasteiger partial charge in [-0.25, -0.2) is 9.79 Å². The van der Waals surface area contributed by atoms with Crippen LogP contribution in [0.3, 0.4) is 0 Å². The molecular weight excluding hydrogens is 547 g/mol. The summed E-state index contributed by atoms with van der Waals surface area (Å²) < 4.78 is 59.8. The van der Waals surface area contributed by atoms with Gasteiger partial charge in [0.1, 0.15) is 17.1 Å². The number of carboxylic acids is 1. The summed E-state index contributed by atoms with van der Waals surface area (Å²) in [5.41, 5.74) is 11.1. The summed E-state index contributed by atoms with van der Waals surface area (Å²) in [6, 6.07) is 26.9. The third-order valence-electron chi connectivity index (χ3n) is 5.92. The minimum absolute atomic E-state index is 0.240. The number of benzene rings is 3. The van der Waals surface area contributed by atoms with Crippen LogP contribution in [0, 0.1) is 0 Å². The average molecular weight is 570 g/mol. The number of carbonyl (C=O) groups is 1. The summed E-state index contributed by atoms with van der Waals surface area (Å²) in [6.45, 7) is 0. The Kier molecular flexibility index (Phi) is 7.65. The number of amidine groups is 1. The highest BCUT2D eigenvalue weighted by atomic mass is 32.2. The molecule has 2 heterocycles. The number of nitrogens with two attached hydrogens (primary N) is 1. The van der Waals surface area contributed by atoms with Crippen molar-refractivity contribution in [2.24, 2.45) is 10.7 Å². The maximum Gasteiger partial charge on any atom is 0.490 e. The van der Waals surface area contributed by atoms with E-state index in [0.717, 1.165) is 39.6 Å². The van der Waals surface area contributed by atoms with Crippen molar-refractivity contribution in [2.45, 2.75) is 11.7 Å². The summed E-state index contributed by atoms with van der Waals surface area (Å²) >= 11 is 0. The summed E-state index contributed by atoms with van der Waals surface area (Å²) in [5.74, 6) is -2.06. The standard InChI is InChI=1S/C26H21N3O3S.C2HF3O2/c1-33(30,31)32-22-13-11-20(12-14-22)26(24-10-3-2-9-23(24)25(27)29-26)21-8-4-6-18(16-21)19-7-5-15-28-17-19;3-2(4,5)1(6)7/h2-17H,1H3,(H2,27,29);(H,6,7). The van der Waals surface area contributed by atoms with Crippen LogP contribution in [0.15, 0.2) is 102 Å². The van der Waals surface area contributed by atoms with Gasteiger partial charge in [0.25, 0.3) is 0 Å². The van der Waals surface area contributed by atoms with E-state index in [9.17, 15) is 21.6 Å². The summed E-state index contributed by atoms with van der Waals surface area (Å²) in [7, 11) is -3.62. The molecule has 0 amide bonds. The van der Waals surface area contributed by atoms with Gasteiger partial charge in [-0.3, -0.25) is 4.98 Å². The number of nitrogens with zero attached hydrogens (tertiary/aromatic N) is 2. The average Bonchev–Trinajstić information content (AvgIpc) is 3.22. The second-order valence-corrected chi connectivity index (χ2v) is 10.3. The molecule has 1 aliphatic rings. The number of alkyl halides is 3. The van der Waals surface area contributed by atoms with Crippen LogP contribution in [0.5, 0.6) is 5.75 Å². The van der Waals surface area contributed by atoms with E-state index in [1.165, 1.54) is 0 Å². The van der Waals surface area contributed by atoms with Gasteiger partial charge >= 0.3 is 22.3 Å². The number of aromatic nitrogens is 1. The first-order valence-electron chi connectivity index (χ1n) is 11.6. The zero-order valence-electron chi connectivity index (χ0n) is 20.8. The second-order valence-electron chi connectivity index (χ2n) is 8.69. The highest BCUT2D eigenvalue weighted by Crippen LogP contribution is 2.46. The predicted molar refractivity (Wildman–Crippen MR) is 142 cm³/mol. The topological polar surface area (TPSA) is 132 Å². The lowest BCUT2D eigenvalue weighted by atomic mass is 9.77. The van der Waals surface area contributed by atoms with Crippen LogP contribution >= 0.6 is 0 Å². The van der Waals surface area contributed by atoms with Crippen LogP contribution in [0.25, 0.3) is 11.1 Å². The lowest BCUT2D eigenvalue weighted by molar-refractivity contribution is -0.192. The van der Waals surface area contributed by atoms with Crippen LogP contribution in [0.2, 0.25) is 0 Å². The van der Waals surface area contributed by atoms with E-state index in [-0.39, 0.29) is 5.75 Å². The van der Waals surface area contributed by atoms with Crippen LogP contribution in [0.1, 0.15) is 22.3 Å². The van der Waals surface area contributed by atoms with E-state index in [1.54, 1.807) is 18.3 Å². The molecule has 0 aliphatic carbocycles. The molecule has 0 saturated carbocycles. The number of carboxylic acid groups (broad SMARTS) is 1. The third-order valence-corrected chi connectivity index (χ3v) is 6.41. The number of aliphatic carboxylic acids is 1. The van der Waals surface area contributed by atoms with Crippen molar-refractivity contribution in [2.75, 3.05) is 6.26 Å². The Bertz CT molecular complexity index is 1680. The Morgan fingerprint density at radius 2 is 1.57 bits per heavy atom. The second kappa shape index (κ2) is 10.8. The van der Waals surface area contributed by atoms with E-state index in [2.05, 4.69) is 11.1 Å². The molecule has 206 valence electrons. The molecule has 12 heteroatoms. The third kappa shape index (κ3) is 5.96. The SMILES string of the molecule is CS(=O)(=O)Oc1ccc(C2(c3cccc(-c4cccnc4)c3)N=C(N)c3ccccc32)cc1.O=C(O)C(F)(F)F. The highest BCUT2D eigenvalue weighted by molar-refractivity contribution is 7.86. The zero-order valence-corrected chi connectivity index (χ0v) is 21.6. The Balaban J connectivity index is 0.000000470. The number of hydrogen-bond acceptors (Lipinski definition) is 7. The van der Waals surface area contributed by atoms with E-state index in [1.807, 2.05) is 72.9 Å². The predicted octanol–water partition coefficient (Wildman–Crippen LogP) is 4.73. The van der Waals surface area contributed by atoms with E-state index >= 15 is 0 Å². The first kappa shape index (κ1) is 28.3. The maximum absolute atomic E-state index is 11.5. The van der Waals surface area contributed by atoms with Gasteiger partial charge in [-0.1, -0.05) is 60.7 Å². The van der Waals surface area contributed by atoms with Crippen LogP contribution in [-0.2, 0) is 20.5 Å². The monoisotopic (exact) mass is 569 g/mol. The molecule has 1 aromatic heterocycles. The quantitative estimate of drug-likeness (QED) is 0.332. The number of halogens is 3. The van der Waals surface area contributed by atoms with E-state index in [4.69, 9.17) is 24.8 Å². The molecule has 1 unspecified atom stereocenters. The Labute approximate surface area is 227 Å². The maximum atomic E-state index is 11.5. The molecule has 1 atom stereocenters. The molecular formula is C28H22F3N3O5S. The number of aliphatic imine (C=N–C) groups is 1. The lowest BCUT2D eigenvalue weighted by Gasteiger charge is -2.29. The molecule has 0 saturated heterocycles. The molecule has 0 fully saturated rings. The van der Waals surface area contributed by atoms with Crippen molar-refractivity contribution >= 4 is 21.9 Å². The number of fused-ring (bicyclic) bond motifs is 1. The lowest BCUT2D eigenvalue weighted by Crippen LogP contribution is -2.25. The fourth-order valence-electron chi connectivity index (χ4n) is 4.31. The first-order valence-corrected chi connectivity index (χ1v) is 13.4. The van der Waals surface area contributed by atoms with Gasteiger partial charge in [0, 0.05) is 18.0 Å². The van der Waals surface area contributed by atoms with Gasteiger partial charge in [0.2, 0.25) is 0 Å². The fraction of sp³-hybridized carbons (Fsp3) is 0.107. The molecule has 5 rings (SSSR count). The van der Waals surface area contributed by atoms with Gasteiger partial charge in [-0.2, -0.15) is 21.6 Å². The van der Waals surface area contributed by atoms with Crippen molar-refractivity contribution in [1.29, 1.82) is 0 Å². The number of hydrogen-bond donors (Lipinski definition) is 2. The van der Waals surface area contributed by atoms with E-state index < -0.39 is 27.8 Å². The van der Waals surface area contributed by atoms with Crippen LogP contribution < -0.4 is 9.92 Å². The normalized spacial score (nSPS) is 16.2. The molecule has 1 aliphatic heterocycles. The molecule has 8 nitrogen and oxygen atoms in total. The number of pyridine rings is 1. The summed E-state index contributed by atoms with van der Waals surface area (Å²) in [6.07, 6.45) is -0.499. The molecule has 3 aromatic carbocycles. The first-order chi connectivity index (χ1) is 18.8. The van der Waals surface area contributed by atoms with Gasteiger partial charge in [-0.05, 0) is 52.1 Å². The van der Waals surface area contributed by atoms with Crippen molar-refractivity contribution in [1.82, 2.24) is 4.98 Å². The minimum atomic E-state index is -5.08. The zero-order chi connectivity index (χ0) is 29.1. The van der Waals surface area contributed by atoms with Gasteiger partial charge in [-0.15, -0.1) is 0 Å². The van der Waals surface area contributed by atoms with Crippen LogP contribution in [0.4, 0.5) is 13.2 Å². The molecule has 0 spiro atoms. The van der Waals surface area contributed by atoms with Gasteiger partial charge in [0.15, 0.2) is 0 Å². The largest absolute Gasteiger partial charge is 0.490 e. The summed E-state index contributed by atoms with van der Waals surface area (Å²) in [4.78, 5) is 18.1. The molecule has 3 N–H and O–H groups in total. The molecule has 40 heavy (non-hydrogen) atoms. The number of rotatable bonds is 5. The van der Waals surface area contributed by atoms with Crippen molar-refractivity contribution < 1.29 is 35.7 Å². The van der Waals surface area contributed by atoms with Gasteiger partial charge in [0.05, 0.1) is 6.26 Å². The van der Waals surface area contributed by atoms with Crippen LogP contribution in [-0.4, -0.2) is 42.7 Å². The Morgan fingerprint density at radius 1 is 0.925 bits per heavy atom. The van der Waals surface area contributed by atoms with Crippen molar-refractivity contribution in [3.63, 3.8) is 0 Å². The molecule has 4 aromatic rings. The van der Waals surface area contributed by atoms with Gasteiger partial charge < -0.3 is 15.0 Å². The van der Waals surface area contributed by atoms with Crippen molar-refractivity contribution in [3.05, 3.63) is 120 Å². The van der Waals surface area contributed by atoms with Crippen molar-refractivity contribution in [3.8, 4) is 16.9 Å². The van der Waals surface area contributed by atoms with E-state index in [0.29, 0.717) is 5.84 Å². The fourth-order valence-corrected chi connectivity index (χ4v) is 4.77. The summed E-state index contributed by atoms with van der Waals surface area (Å²) in [5, 5.41) is 7.12. The Morgan fingerprint density at radius 3 is 2.17 bits per heavy atom. The molecule has 0 radical (unpaired) electrons. The highest BCUT2D eigenvalue weighted by Gasteiger charge is 2.43. The minimum Gasteiger partial charge on any atom is -0.475 e. The molecule has 0 bridgehead atoms. The smallest absolute Gasteiger partial charge is 0.475 e.